The molecule has 2 aromatic rings. The van der Waals surface area contributed by atoms with Gasteiger partial charge in [0.1, 0.15) is 12.4 Å². The molecule has 0 radical (unpaired) electrons. The molecule has 1 N–H and O–H groups in total. The van der Waals surface area contributed by atoms with Crippen LogP contribution in [0.4, 0.5) is 4.79 Å². The van der Waals surface area contributed by atoms with Crippen LogP contribution in [-0.2, 0) is 27.4 Å². The molecule has 0 fully saturated rings. The monoisotopic (exact) mass is 372 g/mol. The average Bonchev–Trinajstić information content (AvgIpc) is 2.71. The van der Waals surface area contributed by atoms with Gasteiger partial charge in [-0.05, 0) is 24.1 Å². The van der Waals surface area contributed by atoms with Crippen LogP contribution in [0.3, 0.4) is 0 Å². The minimum absolute atomic E-state index is 0.0897. The fraction of sp³-hybridized carbons (Fsp3) is 0.350. The zero-order valence-corrected chi connectivity index (χ0v) is 15.3. The number of aromatic nitrogens is 1. The molecular formula is C20H24N2O5. The standard InChI is InChI=1S/C20H24N2O5/c1-2-3-13-25-20(24)22-27-19(23)12-10-17-9-11-18(14-21-17)26-15-16-7-5-4-6-8-16/h4-9,11,14H,2-3,10,12-13,15H2,1H3,(H,22,24). The molecule has 7 heteroatoms. The van der Waals surface area contributed by atoms with E-state index in [0.717, 1.165) is 24.1 Å². The zero-order valence-electron chi connectivity index (χ0n) is 15.3. The van der Waals surface area contributed by atoms with Crippen LogP contribution in [0.1, 0.15) is 37.4 Å². The van der Waals surface area contributed by atoms with Gasteiger partial charge in [-0.2, -0.15) is 0 Å². The molecule has 1 aromatic carbocycles. The summed E-state index contributed by atoms with van der Waals surface area (Å²) in [6, 6.07) is 13.4. The highest BCUT2D eigenvalue weighted by atomic mass is 16.7. The van der Waals surface area contributed by atoms with E-state index < -0.39 is 12.1 Å². The summed E-state index contributed by atoms with van der Waals surface area (Å²) in [6.45, 7) is 2.74. The first kappa shape index (κ1) is 20.2. The maximum atomic E-state index is 11.6. The summed E-state index contributed by atoms with van der Waals surface area (Å²) in [5, 5.41) is 0. The van der Waals surface area contributed by atoms with E-state index in [-0.39, 0.29) is 6.42 Å². The van der Waals surface area contributed by atoms with E-state index in [9.17, 15) is 9.59 Å². The van der Waals surface area contributed by atoms with E-state index in [4.69, 9.17) is 9.47 Å². The molecule has 0 aliphatic carbocycles. The largest absolute Gasteiger partial charge is 0.487 e. The number of hydroxylamine groups is 1. The Balaban J connectivity index is 1.65. The van der Waals surface area contributed by atoms with Gasteiger partial charge in [-0.25, -0.2) is 9.59 Å². The van der Waals surface area contributed by atoms with Gasteiger partial charge in [-0.1, -0.05) is 43.7 Å². The average molecular weight is 372 g/mol. The van der Waals surface area contributed by atoms with E-state index in [0.29, 0.717) is 25.4 Å². The summed E-state index contributed by atoms with van der Waals surface area (Å²) in [7, 11) is 0. The summed E-state index contributed by atoms with van der Waals surface area (Å²) >= 11 is 0. The maximum absolute atomic E-state index is 11.6. The molecule has 0 unspecified atom stereocenters. The number of rotatable bonds is 9. The lowest BCUT2D eigenvalue weighted by atomic mass is 10.2. The fourth-order valence-corrected chi connectivity index (χ4v) is 2.10. The number of nitrogens with zero attached hydrogens (tertiary/aromatic N) is 1. The van der Waals surface area contributed by atoms with Crippen LogP contribution < -0.4 is 10.2 Å². The van der Waals surface area contributed by atoms with Gasteiger partial charge in [0, 0.05) is 12.1 Å². The number of nitrogens with one attached hydrogen (secondary N) is 1. The predicted molar refractivity (Wildman–Crippen MR) is 98.8 cm³/mol. The molecule has 0 aliphatic heterocycles. The summed E-state index contributed by atoms with van der Waals surface area (Å²) in [5.41, 5.74) is 3.77. The second-order valence-electron chi connectivity index (χ2n) is 5.83. The molecular weight excluding hydrogens is 348 g/mol. The summed E-state index contributed by atoms with van der Waals surface area (Å²) < 4.78 is 10.5. The van der Waals surface area contributed by atoms with Crippen LogP contribution in [-0.4, -0.2) is 23.7 Å². The fourth-order valence-electron chi connectivity index (χ4n) is 2.10. The van der Waals surface area contributed by atoms with Crippen LogP contribution >= 0.6 is 0 Å². The van der Waals surface area contributed by atoms with E-state index in [1.54, 1.807) is 18.3 Å². The minimum atomic E-state index is -0.769. The van der Waals surface area contributed by atoms with Crippen LogP contribution in [0.25, 0.3) is 0 Å². The number of carbonyl (C=O) groups is 2. The quantitative estimate of drug-likeness (QED) is 0.535. The molecule has 1 aromatic heterocycles. The van der Waals surface area contributed by atoms with Gasteiger partial charge < -0.3 is 14.3 Å². The smallest absolute Gasteiger partial charge is 0.440 e. The number of ether oxygens (including phenoxy) is 2. The highest BCUT2D eigenvalue weighted by molar-refractivity contribution is 5.73. The third-order valence-corrected chi connectivity index (χ3v) is 3.61. The molecule has 1 heterocycles. The van der Waals surface area contributed by atoms with Crippen molar-refractivity contribution in [3.8, 4) is 5.75 Å². The van der Waals surface area contributed by atoms with Gasteiger partial charge in [0.05, 0.1) is 19.2 Å². The van der Waals surface area contributed by atoms with Crippen molar-refractivity contribution in [2.45, 2.75) is 39.2 Å². The summed E-state index contributed by atoms with van der Waals surface area (Å²) in [5.74, 6) is 0.0929. The van der Waals surface area contributed by atoms with E-state index in [1.165, 1.54) is 0 Å². The maximum Gasteiger partial charge on any atom is 0.440 e. The molecule has 0 saturated carbocycles. The van der Waals surface area contributed by atoms with Crippen molar-refractivity contribution in [1.29, 1.82) is 0 Å². The molecule has 0 spiro atoms. The third-order valence-electron chi connectivity index (χ3n) is 3.61. The number of hydrogen-bond acceptors (Lipinski definition) is 6. The van der Waals surface area contributed by atoms with Crippen molar-refractivity contribution in [3.63, 3.8) is 0 Å². The van der Waals surface area contributed by atoms with Crippen molar-refractivity contribution in [1.82, 2.24) is 10.5 Å². The number of aryl methyl sites for hydroxylation is 1. The number of carbonyl (C=O) groups excluding carboxylic acids is 2. The van der Waals surface area contributed by atoms with Gasteiger partial charge in [0.2, 0.25) is 0 Å². The highest BCUT2D eigenvalue weighted by Crippen LogP contribution is 2.12. The van der Waals surface area contributed by atoms with Gasteiger partial charge in [-0.3, -0.25) is 4.98 Å². The van der Waals surface area contributed by atoms with Gasteiger partial charge >= 0.3 is 12.1 Å². The number of amides is 1. The van der Waals surface area contributed by atoms with Gasteiger partial charge in [0.25, 0.3) is 0 Å². The van der Waals surface area contributed by atoms with E-state index in [2.05, 4.69) is 9.82 Å². The Morgan fingerprint density at radius 1 is 1.11 bits per heavy atom. The Morgan fingerprint density at radius 2 is 1.93 bits per heavy atom. The normalized spacial score (nSPS) is 10.1. The molecule has 0 saturated heterocycles. The van der Waals surface area contributed by atoms with Crippen LogP contribution in [0, 0.1) is 0 Å². The van der Waals surface area contributed by atoms with Gasteiger partial charge in [0.15, 0.2) is 0 Å². The molecule has 0 atom stereocenters. The van der Waals surface area contributed by atoms with Crippen molar-refractivity contribution < 1.29 is 23.9 Å². The Morgan fingerprint density at radius 3 is 2.63 bits per heavy atom. The summed E-state index contributed by atoms with van der Waals surface area (Å²) in [4.78, 5) is 31.8. The Kier molecular flexibility index (Phi) is 8.62. The van der Waals surface area contributed by atoms with Crippen molar-refractivity contribution in [2.75, 3.05) is 6.61 Å². The third kappa shape index (κ3) is 8.22. The Labute approximate surface area is 158 Å². The number of hydrogen-bond donors (Lipinski definition) is 1. The van der Waals surface area contributed by atoms with Crippen LogP contribution in [0.15, 0.2) is 48.7 Å². The minimum Gasteiger partial charge on any atom is -0.487 e. The second kappa shape index (κ2) is 11.5. The first-order valence-electron chi connectivity index (χ1n) is 8.91. The van der Waals surface area contributed by atoms with Crippen molar-refractivity contribution in [2.24, 2.45) is 0 Å². The number of benzene rings is 1. The van der Waals surface area contributed by atoms with Crippen molar-refractivity contribution >= 4 is 12.1 Å². The lowest BCUT2D eigenvalue weighted by molar-refractivity contribution is -0.149. The second-order valence-corrected chi connectivity index (χ2v) is 5.83. The predicted octanol–water partition coefficient (Wildman–Crippen LogP) is 3.58. The highest BCUT2D eigenvalue weighted by Gasteiger charge is 2.08. The van der Waals surface area contributed by atoms with Crippen molar-refractivity contribution in [3.05, 3.63) is 59.9 Å². The number of pyridine rings is 1. The Hall–Kier alpha value is -3.09. The Bertz CT molecular complexity index is 704. The molecule has 7 nitrogen and oxygen atoms in total. The SMILES string of the molecule is CCCCOC(=O)NOC(=O)CCc1ccc(OCc2ccccc2)cn1. The molecule has 1 amide bonds. The van der Waals surface area contributed by atoms with E-state index in [1.807, 2.05) is 42.7 Å². The molecule has 144 valence electrons. The molecule has 2 rings (SSSR count). The summed E-state index contributed by atoms with van der Waals surface area (Å²) in [6.07, 6.45) is 3.01. The number of unbranched alkanes of at least 4 members (excludes halogenated alkanes) is 1. The lowest BCUT2D eigenvalue weighted by Crippen LogP contribution is -2.28. The molecule has 0 bridgehead atoms. The first-order chi connectivity index (χ1) is 13.2. The molecule has 0 aliphatic rings. The zero-order chi connectivity index (χ0) is 19.3. The first-order valence-corrected chi connectivity index (χ1v) is 8.91. The lowest BCUT2D eigenvalue weighted by Gasteiger charge is -2.07. The van der Waals surface area contributed by atoms with Gasteiger partial charge in [-0.15, -0.1) is 5.48 Å². The van der Waals surface area contributed by atoms with Crippen LogP contribution in [0.5, 0.6) is 5.75 Å². The van der Waals surface area contributed by atoms with E-state index >= 15 is 0 Å². The van der Waals surface area contributed by atoms with Crippen LogP contribution in [0.2, 0.25) is 0 Å². The molecule has 27 heavy (non-hydrogen) atoms. The topological polar surface area (TPSA) is 86.8 Å².